The van der Waals surface area contributed by atoms with Crippen molar-refractivity contribution in [2.24, 2.45) is 0 Å². The second kappa shape index (κ2) is 4.15. The number of aliphatic hydroxyl groups excluding tert-OH is 1. The van der Waals surface area contributed by atoms with E-state index in [9.17, 15) is 9.90 Å². The molecule has 1 heterocycles. The fourth-order valence-electron chi connectivity index (χ4n) is 1.32. The summed E-state index contributed by atoms with van der Waals surface area (Å²) in [6.45, 7) is 0. The van der Waals surface area contributed by atoms with Crippen LogP contribution in [0.5, 0.6) is 0 Å². The van der Waals surface area contributed by atoms with E-state index in [1.807, 2.05) is 12.3 Å². The number of carboxylic acid groups (broad SMARTS) is 1. The molecule has 0 amide bonds. The topological polar surface area (TPSA) is 83.6 Å². The Morgan fingerprint density at radius 2 is 2.31 bits per heavy atom. The molecule has 0 saturated heterocycles. The number of fused-ring (bicyclic) bond motifs is 1. The van der Waals surface area contributed by atoms with Crippen molar-refractivity contribution in [3.63, 3.8) is 0 Å². The summed E-state index contributed by atoms with van der Waals surface area (Å²) in [5, 5.41) is 17.9. The first-order valence-electron chi connectivity index (χ1n) is 4.48. The number of rotatable bonds is 3. The molecule has 2 aromatic rings. The maximum atomic E-state index is 10.6. The van der Waals surface area contributed by atoms with Crippen LogP contribution in [0.4, 0.5) is 0 Å². The number of hydrogen-bond acceptors (Lipinski definition) is 5. The minimum atomic E-state index is -1.72. The number of hydrogen-bond donors (Lipinski definition) is 2. The molecule has 1 unspecified atom stereocenters. The molecule has 5 nitrogen and oxygen atoms in total. The van der Waals surface area contributed by atoms with Gasteiger partial charge < -0.3 is 14.6 Å². The third-order valence-electron chi connectivity index (χ3n) is 2.08. The predicted molar refractivity (Wildman–Crippen MR) is 58.4 cm³/mol. The smallest absolute Gasteiger partial charge is 0.342 e. The van der Waals surface area contributed by atoms with Gasteiger partial charge in [0.1, 0.15) is 5.52 Å². The number of nitrogens with zero attached hydrogens (tertiary/aromatic N) is 1. The lowest BCUT2D eigenvalue weighted by Crippen LogP contribution is -2.10. The summed E-state index contributed by atoms with van der Waals surface area (Å²) >= 11 is 1.47. The van der Waals surface area contributed by atoms with Gasteiger partial charge in [-0.05, 0) is 18.4 Å². The summed E-state index contributed by atoms with van der Waals surface area (Å²) < 4.78 is 5.25. The molecule has 2 N–H and O–H groups in total. The Hall–Kier alpha value is -1.53. The van der Waals surface area contributed by atoms with E-state index in [4.69, 9.17) is 9.52 Å². The van der Waals surface area contributed by atoms with E-state index < -0.39 is 12.1 Å². The fourth-order valence-corrected chi connectivity index (χ4v) is 1.87. The van der Waals surface area contributed by atoms with Gasteiger partial charge in [-0.15, -0.1) is 11.8 Å². The molecule has 16 heavy (non-hydrogen) atoms. The molecule has 84 valence electrons. The Morgan fingerprint density at radius 1 is 1.56 bits per heavy atom. The van der Waals surface area contributed by atoms with E-state index in [1.165, 1.54) is 11.8 Å². The van der Waals surface area contributed by atoms with Gasteiger partial charge in [0.05, 0.1) is 4.90 Å². The number of aliphatic hydroxyl groups is 1. The standard InChI is InChI=1S/C10H9NO4S/c1-16-6-4-2-3-5-8(6)15-9(11-5)7(12)10(13)14/h2-4,7,12H,1H3,(H,13,14). The minimum Gasteiger partial charge on any atom is -0.479 e. The molecule has 0 saturated carbocycles. The first-order valence-corrected chi connectivity index (χ1v) is 5.70. The van der Waals surface area contributed by atoms with Gasteiger partial charge in [0.15, 0.2) is 5.58 Å². The lowest BCUT2D eigenvalue weighted by molar-refractivity contribution is -0.148. The SMILES string of the molecule is CSc1cccc2nc(C(O)C(=O)O)oc12. The summed E-state index contributed by atoms with van der Waals surface area (Å²) in [5.74, 6) is -1.57. The molecule has 0 radical (unpaired) electrons. The number of aliphatic carboxylic acids is 1. The van der Waals surface area contributed by atoms with Crippen LogP contribution in [0, 0.1) is 0 Å². The Bertz CT molecular complexity index is 537. The van der Waals surface area contributed by atoms with Gasteiger partial charge in [-0.1, -0.05) is 6.07 Å². The molecule has 0 aliphatic carbocycles. The molecule has 1 aromatic heterocycles. The van der Waals surface area contributed by atoms with Gasteiger partial charge in [-0.3, -0.25) is 0 Å². The third kappa shape index (κ3) is 1.77. The molecule has 0 bridgehead atoms. The first-order chi connectivity index (χ1) is 7.63. The highest BCUT2D eigenvalue weighted by Gasteiger charge is 2.23. The van der Waals surface area contributed by atoms with E-state index >= 15 is 0 Å². The van der Waals surface area contributed by atoms with E-state index in [2.05, 4.69) is 4.98 Å². The quantitative estimate of drug-likeness (QED) is 0.792. The van der Waals surface area contributed by atoms with Crippen molar-refractivity contribution >= 4 is 28.8 Å². The second-order valence-corrected chi connectivity index (χ2v) is 3.95. The van der Waals surface area contributed by atoms with Gasteiger partial charge in [-0.2, -0.15) is 0 Å². The monoisotopic (exact) mass is 239 g/mol. The number of carbonyl (C=O) groups is 1. The zero-order valence-electron chi connectivity index (χ0n) is 8.38. The number of benzene rings is 1. The van der Waals surface area contributed by atoms with Gasteiger partial charge in [-0.25, -0.2) is 9.78 Å². The van der Waals surface area contributed by atoms with Gasteiger partial charge in [0, 0.05) is 0 Å². The van der Waals surface area contributed by atoms with Gasteiger partial charge in [0.2, 0.25) is 12.0 Å². The predicted octanol–water partition coefficient (Wildman–Crippen LogP) is 1.67. The second-order valence-electron chi connectivity index (χ2n) is 3.10. The van der Waals surface area contributed by atoms with Crippen LogP contribution in [0.15, 0.2) is 27.5 Å². The number of oxazole rings is 1. The molecular weight excluding hydrogens is 230 g/mol. The van der Waals surface area contributed by atoms with Crippen molar-refractivity contribution < 1.29 is 19.4 Å². The molecule has 1 atom stereocenters. The molecule has 2 rings (SSSR count). The number of carboxylic acids is 1. The number of thioether (sulfide) groups is 1. The van der Waals surface area contributed by atoms with Crippen molar-refractivity contribution in [2.45, 2.75) is 11.0 Å². The average Bonchev–Trinajstić information content (AvgIpc) is 2.70. The lowest BCUT2D eigenvalue weighted by atomic mass is 10.3. The van der Waals surface area contributed by atoms with Crippen molar-refractivity contribution in [3.8, 4) is 0 Å². The molecule has 0 spiro atoms. The maximum Gasteiger partial charge on any atom is 0.342 e. The highest BCUT2D eigenvalue weighted by molar-refractivity contribution is 7.98. The minimum absolute atomic E-state index is 0.191. The van der Waals surface area contributed by atoms with Crippen LogP contribution in [-0.2, 0) is 4.79 Å². The van der Waals surface area contributed by atoms with Crippen LogP contribution in [-0.4, -0.2) is 27.4 Å². The molecule has 1 aromatic carbocycles. The number of aromatic nitrogens is 1. The lowest BCUT2D eigenvalue weighted by Gasteiger charge is -1.97. The van der Waals surface area contributed by atoms with Crippen molar-refractivity contribution in [3.05, 3.63) is 24.1 Å². The van der Waals surface area contributed by atoms with E-state index in [1.54, 1.807) is 12.1 Å². The maximum absolute atomic E-state index is 10.6. The Morgan fingerprint density at radius 3 is 2.94 bits per heavy atom. The molecule has 0 aliphatic rings. The first kappa shape index (κ1) is 11.0. The highest BCUT2D eigenvalue weighted by atomic mass is 32.2. The summed E-state index contributed by atoms with van der Waals surface area (Å²) in [7, 11) is 0. The summed E-state index contributed by atoms with van der Waals surface area (Å²) in [5.41, 5.74) is 1.05. The molecule has 0 aliphatic heterocycles. The number of para-hydroxylation sites is 1. The van der Waals surface area contributed by atoms with Crippen molar-refractivity contribution in [2.75, 3.05) is 6.26 Å². The zero-order valence-corrected chi connectivity index (χ0v) is 9.19. The summed E-state index contributed by atoms with van der Waals surface area (Å²) in [4.78, 5) is 15.4. The molecule has 0 fully saturated rings. The van der Waals surface area contributed by atoms with Crippen LogP contribution in [0.3, 0.4) is 0 Å². The van der Waals surface area contributed by atoms with Crippen LogP contribution < -0.4 is 0 Å². The molecular formula is C10H9NO4S. The van der Waals surface area contributed by atoms with Crippen molar-refractivity contribution in [1.29, 1.82) is 0 Å². The Kier molecular flexibility index (Phi) is 2.84. The average molecular weight is 239 g/mol. The zero-order chi connectivity index (χ0) is 11.7. The van der Waals surface area contributed by atoms with Crippen LogP contribution in [0.2, 0.25) is 0 Å². The van der Waals surface area contributed by atoms with E-state index in [0.29, 0.717) is 11.1 Å². The van der Waals surface area contributed by atoms with Crippen LogP contribution in [0.25, 0.3) is 11.1 Å². The summed E-state index contributed by atoms with van der Waals surface area (Å²) in [6, 6.07) is 5.35. The summed E-state index contributed by atoms with van der Waals surface area (Å²) in [6.07, 6.45) is 0.159. The normalized spacial score (nSPS) is 12.9. The van der Waals surface area contributed by atoms with Crippen LogP contribution in [0.1, 0.15) is 12.0 Å². The van der Waals surface area contributed by atoms with E-state index in [0.717, 1.165) is 4.90 Å². The van der Waals surface area contributed by atoms with Gasteiger partial charge in [0.25, 0.3) is 0 Å². The Balaban J connectivity index is 2.55. The highest BCUT2D eigenvalue weighted by Crippen LogP contribution is 2.28. The van der Waals surface area contributed by atoms with E-state index in [-0.39, 0.29) is 5.89 Å². The largest absolute Gasteiger partial charge is 0.479 e. The third-order valence-corrected chi connectivity index (χ3v) is 2.84. The van der Waals surface area contributed by atoms with Crippen LogP contribution >= 0.6 is 11.8 Å². The van der Waals surface area contributed by atoms with Crippen molar-refractivity contribution in [1.82, 2.24) is 4.98 Å². The fraction of sp³-hybridized carbons (Fsp3) is 0.200. The van der Waals surface area contributed by atoms with Gasteiger partial charge >= 0.3 is 5.97 Å². The molecule has 6 heteroatoms. The Labute approximate surface area is 95.1 Å².